The van der Waals surface area contributed by atoms with Crippen LogP contribution in [-0.4, -0.2) is 41.2 Å². The number of benzene rings is 1. The molecule has 2 saturated carbocycles. The first kappa shape index (κ1) is 19.6. The van der Waals surface area contributed by atoms with Crippen molar-refractivity contribution in [3.8, 4) is 0 Å². The molecule has 1 aromatic carbocycles. The number of likely N-dealkylation sites (tertiary alicyclic amines) is 1. The molecular formula is C22H26N2O5. The number of nitrogens with one attached hydrogen (secondary N) is 1. The topological polar surface area (TPSA) is 92.8 Å². The van der Waals surface area contributed by atoms with E-state index in [0.29, 0.717) is 5.69 Å². The number of esters is 1. The molecule has 1 N–H and O–H groups in total. The second-order valence-corrected chi connectivity index (χ2v) is 8.51. The van der Waals surface area contributed by atoms with Gasteiger partial charge in [0.15, 0.2) is 6.61 Å². The molecule has 3 amide bonds. The van der Waals surface area contributed by atoms with Crippen molar-refractivity contribution < 1.29 is 23.9 Å². The molecule has 7 nitrogen and oxygen atoms in total. The van der Waals surface area contributed by atoms with E-state index in [9.17, 15) is 19.2 Å². The van der Waals surface area contributed by atoms with Gasteiger partial charge in [-0.25, -0.2) is 4.79 Å². The number of carbonyl (C=O) groups is 4. The van der Waals surface area contributed by atoms with Crippen LogP contribution in [0.1, 0.15) is 37.3 Å². The number of hydrogen-bond acceptors (Lipinski definition) is 5. The summed E-state index contributed by atoms with van der Waals surface area (Å²) in [7, 11) is 0. The zero-order valence-electron chi connectivity index (χ0n) is 16.9. The van der Waals surface area contributed by atoms with Crippen LogP contribution in [-0.2, 0) is 23.9 Å². The van der Waals surface area contributed by atoms with E-state index in [1.54, 1.807) is 6.07 Å². The molecule has 0 aromatic heterocycles. The zero-order chi connectivity index (χ0) is 20.9. The van der Waals surface area contributed by atoms with Crippen LogP contribution in [0, 0.1) is 37.5 Å². The van der Waals surface area contributed by atoms with E-state index < -0.39 is 24.5 Å². The molecule has 1 aliphatic heterocycles. The Kier molecular flexibility index (Phi) is 4.92. The minimum Gasteiger partial charge on any atom is -0.454 e. The molecule has 1 aromatic rings. The molecule has 3 aliphatic rings. The van der Waals surface area contributed by atoms with E-state index in [1.807, 2.05) is 26.0 Å². The lowest BCUT2D eigenvalue weighted by Crippen LogP contribution is -2.45. The highest BCUT2D eigenvalue weighted by atomic mass is 16.5. The van der Waals surface area contributed by atoms with Crippen LogP contribution < -0.4 is 5.32 Å². The highest BCUT2D eigenvalue weighted by Gasteiger charge is 2.62. The Morgan fingerprint density at radius 1 is 1.14 bits per heavy atom. The molecular weight excluding hydrogens is 372 g/mol. The first-order valence-corrected chi connectivity index (χ1v) is 10.2. The van der Waals surface area contributed by atoms with E-state index >= 15 is 0 Å². The summed E-state index contributed by atoms with van der Waals surface area (Å²) in [5.41, 5.74) is 2.64. The SMILES string of the molecule is Cc1cccc(NC(=O)COC(=O)[C@@H](C)N2C(=O)[C@H]3[C@H]4CC[C@@H](C4)[C@@H]3C2=O)c1C. The fourth-order valence-electron chi connectivity index (χ4n) is 5.25. The Hall–Kier alpha value is -2.70. The summed E-state index contributed by atoms with van der Waals surface area (Å²) >= 11 is 0. The average Bonchev–Trinajstić information content (AvgIpc) is 3.37. The number of hydrogen-bond donors (Lipinski definition) is 1. The van der Waals surface area contributed by atoms with Gasteiger partial charge in [-0.1, -0.05) is 12.1 Å². The van der Waals surface area contributed by atoms with Crippen LogP contribution in [0.2, 0.25) is 0 Å². The summed E-state index contributed by atoms with van der Waals surface area (Å²) < 4.78 is 5.11. The second kappa shape index (κ2) is 7.28. The summed E-state index contributed by atoms with van der Waals surface area (Å²) in [6.07, 6.45) is 2.91. The molecule has 0 unspecified atom stereocenters. The van der Waals surface area contributed by atoms with Crippen LogP contribution in [0.3, 0.4) is 0 Å². The summed E-state index contributed by atoms with van der Waals surface area (Å²) in [6.45, 7) is 4.86. The third kappa shape index (κ3) is 3.22. The van der Waals surface area contributed by atoms with E-state index in [4.69, 9.17) is 4.74 Å². The van der Waals surface area contributed by atoms with Crippen molar-refractivity contribution in [2.24, 2.45) is 23.7 Å². The lowest BCUT2D eigenvalue weighted by atomic mass is 9.81. The lowest BCUT2D eigenvalue weighted by molar-refractivity contribution is -0.159. The van der Waals surface area contributed by atoms with Gasteiger partial charge in [0.25, 0.3) is 5.91 Å². The van der Waals surface area contributed by atoms with Crippen molar-refractivity contribution in [2.75, 3.05) is 11.9 Å². The van der Waals surface area contributed by atoms with Gasteiger partial charge in [-0.05, 0) is 69.1 Å². The molecule has 1 saturated heterocycles. The Balaban J connectivity index is 1.35. The number of aryl methyl sites for hydroxylation is 1. The van der Waals surface area contributed by atoms with Gasteiger partial charge in [-0.2, -0.15) is 0 Å². The fourth-order valence-corrected chi connectivity index (χ4v) is 5.25. The fraction of sp³-hybridized carbons (Fsp3) is 0.545. The molecule has 154 valence electrons. The molecule has 3 fully saturated rings. The smallest absolute Gasteiger partial charge is 0.329 e. The van der Waals surface area contributed by atoms with Gasteiger partial charge < -0.3 is 10.1 Å². The Bertz CT molecular complexity index is 867. The molecule has 0 spiro atoms. The summed E-state index contributed by atoms with van der Waals surface area (Å²) in [4.78, 5) is 51.3. The summed E-state index contributed by atoms with van der Waals surface area (Å²) in [5, 5.41) is 2.72. The number of ether oxygens (including phenoxy) is 1. The zero-order valence-corrected chi connectivity index (χ0v) is 16.9. The highest BCUT2D eigenvalue weighted by Crippen LogP contribution is 2.56. The maximum absolute atomic E-state index is 12.8. The Labute approximate surface area is 169 Å². The molecule has 4 rings (SSSR count). The minimum atomic E-state index is -1.02. The largest absolute Gasteiger partial charge is 0.454 e. The van der Waals surface area contributed by atoms with Crippen LogP contribution in [0.4, 0.5) is 5.69 Å². The summed E-state index contributed by atoms with van der Waals surface area (Å²) in [6, 6.07) is 4.53. The van der Waals surface area contributed by atoms with Gasteiger partial charge >= 0.3 is 5.97 Å². The van der Waals surface area contributed by atoms with Crippen LogP contribution in [0.25, 0.3) is 0 Å². The molecule has 29 heavy (non-hydrogen) atoms. The van der Waals surface area contributed by atoms with Gasteiger partial charge in [-0.3, -0.25) is 19.3 Å². The third-order valence-electron chi connectivity index (χ3n) is 6.91. The van der Waals surface area contributed by atoms with Crippen molar-refractivity contribution in [3.63, 3.8) is 0 Å². The molecule has 1 heterocycles. The number of carbonyl (C=O) groups excluding carboxylic acids is 4. The van der Waals surface area contributed by atoms with E-state index in [1.165, 1.54) is 6.92 Å². The second-order valence-electron chi connectivity index (χ2n) is 8.51. The number of imide groups is 1. The maximum atomic E-state index is 12.8. The predicted molar refractivity (Wildman–Crippen MR) is 105 cm³/mol. The molecule has 2 bridgehead atoms. The van der Waals surface area contributed by atoms with Crippen molar-refractivity contribution in [1.82, 2.24) is 4.90 Å². The average molecular weight is 398 g/mol. The van der Waals surface area contributed by atoms with E-state index in [2.05, 4.69) is 5.32 Å². The number of anilines is 1. The third-order valence-corrected chi connectivity index (χ3v) is 6.91. The van der Waals surface area contributed by atoms with Crippen LogP contribution >= 0.6 is 0 Å². The van der Waals surface area contributed by atoms with Gasteiger partial charge in [0.05, 0.1) is 11.8 Å². The van der Waals surface area contributed by atoms with Crippen LogP contribution in [0.5, 0.6) is 0 Å². The minimum absolute atomic E-state index is 0.253. The highest BCUT2D eigenvalue weighted by molar-refractivity contribution is 6.08. The maximum Gasteiger partial charge on any atom is 0.329 e. The van der Waals surface area contributed by atoms with Crippen LogP contribution in [0.15, 0.2) is 18.2 Å². The number of rotatable bonds is 5. The van der Waals surface area contributed by atoms with Crippen molar-refractivity contribution in [3.05, 3.63) is 29.3 Å². The van der Waals surface area contributed by atoms with Crippen molar-refractivity contribution >= 4 is 29.4 Å². The van der Waals surface area contributed by atoms with Gasteiger partial charge in [-0.15, -0.1) is 0 Å². The molecule has 5 atom stereocenters. The van der Waals surface area contributed by atoms with E-state index in [0.717, 1.165) is 35.3 Å². The van der Waals surface area contributed by atoms with Gasteiger partial charge in [0, 0.05) is 5.69 Å². The monoisotopic (exact) mass is 398 g/mol. The van der Waals surface area contributed by atoms with Crippen molar-refractivity contribution in [1.29, 1.82) is 0 Å². The van der Waals surface area contributed by atoms with Crippen molar-refractivity contribution in [2.45, 2.75) is 46.1 Å². The number of fused-ring (bicyclic) bond motifs is 5. The standard InChI is InChI=1S/C22H26N2O5/c1-11-5-4-6-16(12(11)2)23-17(25)10-29-22(28)13(3)24-20(26)18-14-7-8-15(9-14)19(18)21(24)27/h4-6,13-15,18-19H,7-10H2,1-3H3,(H,23,25)/t13-,14+,15+,18+,19+/m1/s1. The molecule has 2 aliphatic carbocycles. The first-order valence-electron chi connectivity index (χ1n) is 10.2. The molecule has 7 heteroatoms. The Morgan fingerprint density at radius 3 is 2.38 bits per heavy atom. The van der Waals surface area contributed by atoms with Gasteiger partial charge in [0.2, 0.25) is 11.8 Å². The summed E-state index contributed by atoms with van der Waals surface area (Å²) in [5.74, 6) is -1.74. The molecule has 0 radical (unpaired) electrons. The number of amides is 3. The normalized spacial score (nSPS) is 28.4. The quantitative estimate of drug-likeness (QED) is 0.606. The van der Waals surface area contributed by atoms with E-state index in [-0.39, 0.29) is 35.5 Å². The first-order chi connectivity index (χ1) is 13.8. The number of nitrogens with zero attached hydrogens (tertiary/aromatic N) is 1. The Morgan fingerprint density at radius 2 is 1.76 bits per heavy atom. The lowest BCUT2D eigenvalue weighted by Gasteiger charge is -2.23. The predicted octanol–water partition coefficient (Wildman–Crippen LogP) is 2.20. The van der Waals surface area contributed by atoms with Gasteiger partial charge in [0.1, 0.15) is 6.04 Å².